The SMILES string of the molecule is CCCN(CCC)C(=O)c1ccc(NC(=S)NC(=O)C(c2ccccc2)c2ccccc2)cc1. The number of benzene rings is 3. The maximum absolute atomic E-state index is 13.2. The molecule has 176 valence electrons. The Bertz CT molecular complexity index is 1040. The van der Waals surface area contributed by atoms with Crippen LogP contribution < -0.4 is 10.6 Å². The highest BCUT2D eigenvalue weighted by Gasteiger charge is 2.23. The fourth-order valence-electron chi connectivity index (χ4n) is 3.87. The van der Waals surface area contributed by atoms with E-state index in [1.165, 1.54) is 0 Å². The second kappa shape index (κ2) is 12.7. The van der Waals surface area contributed by atoms with Crippen molar-refractivity contribution in [3.63, 3.8) is 0 Å². The molecule has 0 aromatic heterocycles. The molecule has 0 aliphatic rings. The van der Waals surface area contributed by atoms with Crippen LogP contribution >= 0.6 is 12.2 Å². The Balaban J connectivity index is 1.67. The Morgan fingerprint density at radius 1 is 0.794 bits per heavy atom. The summed E-state index contributed by atoms with van der Waals surface area (Å²) in [4.78, 5) is 27.8. The highest BCUT2D eigenvalue weighted by atomic mass is 32.1. The molecule has 0 atom stereocenters. The molecule has 6 heteroatoms. The van der Waals surface area contributed by atoms with E-state index in [2.05, 4.69) is 24.5 Å². The first-order valence-electron chi connectivity index (χ1n) is 11.6. The molecule has 0 saturated carbocycles. The van der Waals surface area contributed by atoms with Gasteiger partial charge in [0.05, 0.1) is 5.92 Å². The summed E-state index contributed by atoms with van der Waals surface area (Å²) in [5.74, 6) is -0.665. The summed E-state index contributed by atoms with van der Waals surface area (Å²) >= 11 is 5.41. The van der Waals surface area contributed by atoms with E-state index in [1.807, 2.05) is 65.6 Å². The topological polar surface area (TPSA) is 61.4 Å². The van der Waals surface area contributed by atoms with Crippen LogP contribution in [0, 0.1) is 0 Å². The molecule has 0 unspecified atom stereocenters. The minimum absolute atomic E-state index is 0.0275. The van der Waals surface area contributed by atoms with E-state index >= 15 is 0 Å². The van der Waals surface area contributed by atoms with Crippen LogP contribution in [0.5, 0.6) is 0 Å². The first kappa shape index (κ1) is 25.1. The number of hydrogen-bond donors (Lipinski definition) is 2. The van der Waals surface area contributed by atoms with Crippen molar-refractivity contribution in [2.45, 2.75) is 32.6 Å². The van der Waals surface area contributed by atoms with E-state index in [1.54, 1.807) is 24.3 Å². The van der Waals surface area contributed by atoms with Crippen molar-refractivity contribution in [3.05, 3.63) is 102 Å². The summed E-state index contributed by atoms with van der Waals surface area (Å²) in [6.07, 6.45) is 1.85. The van der Waals surface area contributed by atoms with Gasteiger partial charge in [0, 0.05) is 24.3 Å². The van der Waals surface area contributed by atoms with Crippen LogP contribution in [0.25, 0.3) is 0 Å². The lowest BCUT2D eigenvalue weighted by Gasteiger charge is -2.21. The minimum Gasteiger partial charge on any atom is -0.339 e. The van der Waals surface area contributed by atoms with Gasteiger partial charge in [0.15, 0.2) is 5.11 Å². The van der Waals surface area contributed by atoms with Crippen LogP contribution in [0.1, 0.15) is 54.1 Å². The molecular formula is C28H31N3O2S. The van der Waals surface area contributed by atoms with Crippen molar-refractivity contribution in [2.75, 3.05) is 18.4 Å². The molecule has 0 fully saturated rings. The van der Waals surface area contributed by atoms with Crippen LogP contribution in [0.3, 0.4) is 0 Å². The fraction of sp³-hybridized carbons (Fsp3) is 0.250. The number of anilines is 1. The fourth-order valence-corrected chi connectivity index (χ4v) is 4.08. The molecule has 3 aromatic rings. The summed E-state index contributed by atoms with van der Waals surface area (Å²) in [7, 11) is 0. The van der Waals surface area contributed by atoms with E-state index < -0.39 is 5.92 Å². The molecule has 0 radical (unpaired) electrons. The highest BCUT2D eigenvalue weighted by molar-refractivity contribution is 7.80. The van der Waals surface area contributed by atoms with Gasteiger partial charge in [0.1, 0.15) is 0 Å². The largest absolute Gasteiger partial charge is 0.339 e. The van der Waals surface area contributed by atoms with Crippen molar-refractivity contribution < 1.29 is 9.59 Å². The Morgan fingerprint density at radius 2 is 1.29 bits per heavy atom. The van der Waals surface area contributed by atoms with Crippen molar-refractivity contribution >= 4 is 34.8 Å². The molecule has 0 heterocycles. The van der Waals surface area contributed by atoms with Crippen LogP contribution in [0.4, 0.5) is 5.69 Å². The second-order valence-corrected chi connectivity index (χ2v) is 8.48. The van der Waals surface area contributed by atoms with Crippen LogP contribution in [-0.2, 0) is 4.79 Å². The highest BCUT2D eigenvalue weighted by Crippen LogP contribution is 2.24. The van der Waals surface area contributed by atoms with E-state index in [0.717, 1.165) is 37.1 Å². The normalized spacial score (nSPS) is 10.6. The molecule has 0 saturated heterocycles. The number of carbonyl (C=O) groups is 2. The molecule has 0 aliphatic heterocycles. The van der Waals surface area contributed by atoms with Gasteiger partial charge in [0.2, 0.25) is 5.91 Å². The predicted octanol–water partition coefficient (Wildman–Crippen LogP) is 5.59. The zero-order valence-corrected chi connectivity index (χ0v) is 20.5. The molecular weight excluding hydrogens is 442 g/mol. The van der Waals surface area contributed by atoms with Gasteiger partial charge in [-0.05, 0) is 60.5 Å². The number of nitrogens with one attached hydrogen (secondary N) is 2. The molecule has 0 bridgehead atoms. The van der Waals surface area contributed by atoms with Crippen LogP contribution in [-0.4, -0.2) is 34.9 Å². The lowest BCUT2D eigenvalue weighted by Crippen LogP contribution is -2.37. The molecule has 34 heavy (non-hydrogen) atoms. The summed E-state index contributed by atoms with van der Waals surface area (Å²) in [5, 5.41) is 6.08. The Kier molecular flexibility index (Phi) is 9.35. The van der Waals surface area contributed by atoms with Crippen molar-refractivity contribution in [3.8, 4) is 0 Å². The average Bonchev–Trinajstić information content (AvgIpc) is 2.85. The maximum Gasteiger partial charge on any atom is 0.253 e. The summed E-state index contributed by atoms with van der Waals surface area (Å²) in [5.41, 5.74) is 3.12. The summed E-state index contributed by atoms with van der Waals surface area (Å²) < 4.78 is 0. The second-order valence-electron chi connectivity index (χ2n) is 8.07. The quantitative estimate of drug-likeness (QED) is 0.398. The van der Waals surface area contributed by atoms with Gasteiger partial charge in [-0.25, -0.2) is 0 Å². The van der Waals surface area contributed by atoms with Gasteiger partial charge in [-0.3, -0.25) is 9.59 Å². The standard InChI is InChI=1S/C28H31N3O2S/c1-3-19-31(20-4-2)27(33)23-15-17-24(18-16-23)29-28(34)30-26(32)25(21-11-7-5-8-12-21)22-13-9-6-10-14-22/h5-18,25H,3-4,19-20H2,1-2H3,(H2,29,30,32,34). The number of amides is 2. The van der Waals surface area contributed by atoms with E-state index in [-0.39, 0.29) is 16.9 Å². The third-order valence-corrected chi connectivity index (χ3v) is 5.63. The minimum atomic E-state index is -0.481. The number of thiocarbonyl (C=S) groups is 1. The van der Waals surface area contributed by atoms with Gasteiger partial charge in [-0.1, -0.05) is 74.5 Å². The average molecular weight is 474 g/mol. The Morgan fingerprint density at radius 3 is 1.76 bits per heavy atom. The third-order valence-electron chi connectivity index (χ3n) is 5.43. The molecule has 5 nitrogen and oxygen atoms in total. The zero-order chi connectivity index (χ0) is 24.3. The number of nitrogens with zero attached hydrogens (tertiary/aromatic N) is 1. The maximum atomic E-state index is 13.2. The zero-order valence-electron chi connectivity index (χ0n) is 19.7. The number of rotatable bonds is 9. The number of hydrogen-bond acceptors (Lipinski definition) is 3. The van der Waals surface area contributed by atoms with E-state index in [4.69, 9.17) is 12.2 Å². The molecule has 2 N–H and O–H groups in total. The lowest BCUT2D eigenvalue weighted by molar-refractivity contribution is -0.120. The van der Waals surface area contributed by atoms with Crippen LogP contribution in [0.15, 0.2) is 84.9 Å². The van der Waals surface area contributed by atoms with Gasteiger partial charge in [0.25, 0.3) is 5.91 Å². The molecule has 2 amide bonds. The molecule has 0 spiro atoms. The molecule has 3 rings (SSSR count). The third kappa shape index (κ3) is 6.75. The van der Waals surface area contributed by atoms with E-state index in [0.29, 0.717) is 11.3 Å². The Labute approximate surface area is 207 Å². The van der Waals surface area contributed by atoms with Gasteiger partial charge < -0.3 is 15.5 Å². The van der Waals surface area contributed by atoms with E-state index in [9.17, 15) is 9.59 Å². The smallest absolute Gasteiger partial charge is 0.253 e. The first-order chi connectivity index (χ1) is 16.5. The van der Waals surface area contributed by atoms with Gasteiger partial charge >= 0.3 is 0 Å². The lowest BCUT2D eigenvalue weighted by atomic mass is 9.90. The number of carbonyl (C=O) groups excluding carboxylic acids is 2. The monoisotopic (exact) mass is 473 g/mol. The van der Waals surface area contributed by atoms with Crippen molar-refractivity contribution in [2.24, 2.45) is 0 Å². The van der Waals surface area contributed by atoms with Crippen molar-refractivity contribution in [1.82, 2.24) is 10.2 Å². The Hall–Kier alpha value is -3.51. The molecule has 3 aromatic carbocycles. The predicted molar refractivity (Wildman–Crippen MR) is 142 cm³/mol. The van der Waals surface area contributed by atoms with Gasteiger partial charge in [-0.2, -0.15) is 0 Å². The van der Waals surface area contributed by atoms with Crippen LogP contribution in [0.2, 0.25) is 0 Å². The molecule has 0 aliphatic carbocycles. The summed E-state index contributed by atoms with van der Waals surface area (Å²) in [6, 6.07) is 26.4. The van der Waals surface area contributed by atoms with Gasteiger partial charge in [-0.15, -0.1) is 0 Å². The first-order valence-corrected chi connectivity index (χ1v) is 12.0. The summed E-state index contributed by atoms with van der Waals surface area (Å²) in [6.45, 7) is 5.62. The van der Waals surface area contributed by atoms with Crippen molar-refractivity contribution in [1.29, 1.82) is 0 Å².